The van der Waals surface area contributed by atoms with Gasteiger partial charge in [0, 0.05) is 18.4 Å². The third kappa shape index (κ3) is 2.42. The van der Waals surface area contributed by atoms with Crippen molar-refractivity contribution in [3.05, 3.63) is 11.6 Å². The lowest BCUT2D eigenvalue weighted by molar-refractivity contribution is -0.122. The van der Waals surface area contributed by atoms with E-state index < -0.39 is 0 Å². The number of Topliss-reactive ketones (excluding diaryl/α,β-unsaturated/α-hetero) is 1. The maximum Gasteiger partial charge on any atom is 0.136 e. The van der Waals surface area contributed by atoms with Crippen LogP contribution in [-0.2, 0) is 4.79 Å². The summed E-state index contributed by atoms with van der Waals surface area (Å²) < 4.78 is 0. The molecular formula is C23H37NO2. The van der Waals surface area contributed by atoms with Crippen LogP contribution >= 0.6 is 0 Å². The summed E-state index contributed by atoms with van der Waals surface area (Å²) in [5, 5.41) is 10.9. The average Bonchev–Trinajstić information content (AvgIpc) is 2.83. The highest BCUT2D eigenvalue weighted by Crippen LogP contribution is 2.66. The van der Waals surface area contributed by atoms with Gasteiger partial charge in [0.2, 0.25) is 0 Å². The van der Waals surface area contributed by atoms with E-state index in [2.05, 4.69) is 45.8 Å². The molecule has 0 radical (unpaired) electrons. The van der Waals surface area contributed by atoms with Gasteiger partial charge < -0.3 is 10.0 Å². The van der Waals surface area contributed by atoms with E-state index >= 15 is 0 Å². The van der Waals surface area contributed by atoms with Crippen LogP contribution in [0.2, 0.25) is 0 Å². The molecule has 0 amide bonds. The van der Waals surface area contributed by atoms with Gasteiger partial charge in [-0.3, -0.25) is 4.79 Å². The first-order valence-corrected chi connectivity index (χ1v) is 10.8. The van der Waals surface area contributed by atoms with Crippen molar-refractivity contribution in [2.45, 2.75) is 77.9 Å². The summed E-state index contributed by atoms with van der Waals surface area (Å²) in [6, 6.07) is 0.247. The molecule has 4 rings (SSSR count). The lowest BCUT2D eigenvalue weighted by atomic mass is 9.47. The summed E-state index contributed by atoms with van der Waals surface area (Å²) >= 11 is 0. The summed E-state index contributed by atoms with van der Waals surface area (Å²) in [6.45, 7) is 7.02. The number of rotatable bonds is 2. The summed E-state index contributed by atoms with van der Waals surface area (Å²) in [5.41, 5.74) is 1.93. The quantitative estimate of drug-likeness (QED) is 0.756. The van der Waals surface area contributed by atoms with Crippen molar-refractivity contribution in [1.82, 2.24) is 4.90 Å². The summed E-state index contributed by atoms with van der Waals surface area (Å²) in [5.74, 6) is 2.63. The van der Waals surface area contributed by atoms with Crippen LogP contribution in [0, 0.1) is 34.5 Å². The van der Waals surface area contributed by atoms with E-state index in [4.69, 9.17) is 0 Å². The smallest absolute Gasteiger partial charge is 0.136 e. The highest BCUT2D eigenvalue weighted by Gasteiger charge is 2.61. The molecule has 0 unspecified atom stereocenters. The van der Waals surface area contributed by atoms with Gasteiger partial charge in [-0.1, -0.05) is 32.4 Å². The van der Waals surface area contributed by atoms with E-state index in [-0.39, 0.29) is 28.9 Å². The normalized spacial score (nSPS) is 50.9. The molecule has 3 nitrogen and oxygen atoms in total. The number of likely N-dealkylation sites (N-methyl/N-ethyl adjacent to an activating group) is 1. The second-order valence-electron chi connectivity index (χ2n) is 10.4. The van der Waals surface area contributed by atoms with E-state index in [1.54, 1.807) is 5.57 Å². The topological polar surface area (TPSA) is 40.5 Å². The molecule has 1 N–H and O–H groups in total. The van der Waals surface area contributed by atoms with E-state index in [9.17, 15) is 9.90 Å². The average molecular weight is 360 g/mol. The fraction of sp³-hybridized carbons (Fsp3) is 0.870. The Morgan fingerprint density at radius 2 is 1.96 bits per heavy atom. The van der Waals surface area contributed by atoms with Crippen molar-refractivity contribution >= 4 is 5.78 Å². The van der Waals surface area contributed by atoms with Gasteiger partial charge in [0.25, 0.3) is 0 Å². The summed E-state index contributed by atoms with van der Waals surface area (Å²) in [7, 11) is 4.17. The van der Waals surface area contributed by atoms with Gasteiger partial charge in [-0.05, 0) is 81.2 Å². The first-order valence-electron chi connectivity index (χ1n) is 10.8. The van der Waals surface area contributed by atoms with Gasteiger partial charge >= 0.3 is 0 Å². The lowest BCUT2D eigenvalue weighted by Crippen LogP contribution is -2.55. The van der Waals surface area contributed by atoms with Crippen LogP contribution in [-0.4, -0.2) is 42.0 Å². The molecule has 0 aliphatic heterocycles. The zero-order valence-corrected chi connectivity index (χ0v) is 17.3. The molecule has 146 valence electrons. The maximum atomic E-state index is 12.7. The molecule has 3 saturated carbocycles. The first kappa shape index (κ1) is 18.7. The summed E-state index contributed by atoms with van der Waals surface area (Å²) in [6.07, 6.45) is 9.54. The third-order valence-electron chi connectivity index (χ3n) is 9.25. The van der Waals surface area contributed by atoms with Crippen molar-refractivity contribution in [2.24, 2.45) is 34.5 Å². The standard InChI is InChI=1S/C23H37NO2/c1-6-16-20(25)12-18-15-8-7-14-11-19(24(4)5)21(26)13-23(14,3)17(15)9-10-22(16,18)2/h7,15-19,21,26H,6,8-13H2,1-5H3/t15-,16+,17+,18+,19-,21-,22-,23+/m1/s1. The van der Waals surface area contributed by atoms with Gasteiger partial charge in [0.15, 0.2) is 0 Å². The van der Waals surface area contributed by atoms with E-state index in [0.717, 1.165) is 32.1 Å². The van der Waals surface area contributed by atoms with Gasteiger partial charge in [0.1, 0.15) is 5.78 Å². The molecule has 8 atom stereocenters. The SMILES string of the molecule is CC[C@H]1C(=O)C[C@H]2[C@@H]3CC=C4C[C@@H](N(C)C)[C@H](O)C[C@]4(C)[C@H]3CC[C@]12C. The van der Waals surface area contributed by atoms with Crippen molar-refractivity contribution in [1.29, 1.82) is 0 Å². The second-order valence-corrected chi connectivity index (χ2v) is 10.4. The highest BCUT2D eigenvalue weighted by molar-refractivity contribution is 5.84. The van der Waals surface area contributed by atoms with Crippen molar-refractivity contribution in [3.8, 4) is 0 Å². The van der Waals surface area contributed by atoms with Gasteiger partial charge in [-0.25, -0.2) is 0 Å². The maximum absolute atomic E-state index is 12.7. The fourth-order valence-corrected chi connectivity index (χ4v) is 7.80. The van der Waals surface area contributed by atoms with Crippen molar-refractivity contribution in [2.75, 3.05) is 14.1 Å². The Morgan fingerprint density at radius 1 is 1.23 bits per heavy atom. The predicted octanol–water partition coefficient (Wildman–Crippen LogP) is 4.06. The Hall–Kier alpha value is -0.670. The molecule has 3 fully saturated rings. The largest absolute Gasteiger partial charge is 0.391 e. The van der Waals surface area contributed by atoms with Crippen LogP contribution in [0.4, 0.5) is 0 Å². The first-order chi connectivity index (χ1) is 12.2. The molecule has 3 heteroatoms. The number of allylic oxidation sites excluding steroid dienone is 1. The van der Waals surface area contributed by atoms with Crippen LogP contribution in [0.15, 0.2) is 11.6 Å². The molecule has 0 bridgehead atoms. The van der Waals surface area contributed by atoms with Gasteiger partial charge in [0.05, 0.1) is 6.10 Å². The molecule has 0 aromatic rings. The molecular weight excluding hydrogens is 322 g/mol. The fourth-order valence-electron chi connectivity index (χ4n) is 7.80. The van der Waals surface area contributed by atoms with Crippen LogP contribution in [0.1, 0.15) is 65.7 Å². The summed E-state index contributed by atoms with van der Waals surface area (Å²) in [4.78, 5) is 14.9. The third-order valence-corrected chi connectivity index (χ3v) is 9.25. The molecule has 26 heavy (non-hydrogen) atoms. The molecule has 0 spiro atoms. The minimum atomic E-state index is -0.243. The Labute approximate surface area is 159 Å². The predicted molar refractivity (Wildman–Crippen MR) is 105 cm³/mol. The Kier molecular flexibility index (Phi) is 4.43. The lowest BCUT2D eigenvalue weighted by Gasteiger charge is -2.59. The Bertz CT molecular complexity index is 626. The van der Waals surface area contributed by atoms with Crippen LogP contribution < -0.4 is 0 Å². The number of aliphatic hydroxyl groups excluding tert-OH is 1. The van der Waals surface area contributed by atoms with E-state index in [1.807, 2.05) is 0 Å². The number of carbonyl (C=O) groups excluding carboxylic acids is 1. The minimum absolute atomic E-state index is 0.128. The van der Waals surface area contributed by atoms with Gasteiger partial charge in [-0.15, -0.1) is 0 Å². The van der Waals surface area contributed by atoms with Crippen molar-refractivity contribution in [3.63, 3.8) is 0 Å². The van der Waals surface area contributed by atoms with Crippen LogP contribution in [0.3, 0.4) is 0 Å². The van der Waals surface area contributed by atoms with E-state index in [1.165, 1.54) is 12.8 Å². The second kappa shape index (κ2) is 6.17. The van der Waals surface area contributed by atoms with Crippen LogP contribution in [0.25, 0.3) is 0 Å². The zero-order valence-electron chi connectivity index (χ0n) is 17.3. The Morgan fingerprint density at radius 3 is 2.62 bits per heavy atom. The van der Waals surface area contributed by atoms with Crippen molar-refractivity contribution < 1.29 is 9.90 Å². The number of nitrogens with zero attached hydrogens (tertiary/aromatic N) is 1. The zero-order chi connectivity index (χ0) is 18.9. The molecule has 0 saturated heterocycles. The molecule has 0 aromatic heterocycles. The number of aliphatic hydroxyl groups is 1. The number of hydrogen-bond donors (Lipinski definition) is 1. The monoisotopic (exact) mass is 359 g/mol. The number of fused-ring (bicyclic) bond motifs is 5. The molecule has 0 aromatic carbocycles. The number of ketones is 1. The number of carbonyl (C=O) groups is 1. The number of hydrogen-bond acceptors (Lipinski definition) is 3. The molecule has 4 aliphatic rings. The van der Waals surface area contributed by atoms with Crippen LogP contribution in [0.5, 0.6) is 0 Å². The molecule has 4 aliphatic carbocycles. The highest BCUT2D eigenvalue weighted by atomic mass is 16.3. The van der Waals surface area contributed by atoms with E-state index in [0.29, 0.717) is 23.5 Å². The van der Waals surface area contributed by atoms with Gasteiger partial charge in [-0.2, -0.15) is 0 Å². The minimum Gasteiger partial charge on any atom is -0.391 e. The molecule has 0 heterocycles. The Balaban J connectivity index is 1.66.